The fourth-order valence-corrected chi connectivity index (χ4v) is 5.68. The minimum Gasteiger partial charge on any atom is -0.444 e. The molecule has 5 rings (SSSR count). The molecule has 38 heavy (non-hydrogen) atoms. The van der Waals surface area contributed by atoms with Gasteiger partial charge in [0.2, 0.25) is 5.91 Å². The minimum atomic E-state index is -0.535. The van der Waals surface area contributed by atoms with E-state index in [0.717, 1.165) is 35.6 Å². The van der Waals surface area contributed by atoms with Crippen molar-refractivity contribution in [3.63, 3.8) is 0 Å². The number of nitrogens with zero attached hydrogens (tertiary/aromatic N) is 5. The van der Waals surface area contributed by atoms with Crippen molar-refractivity contribution in [1.82, 2.24) is 24.6 Å². The molecule has 0 bridgehead atoms. The van der Waals surface area contributed by atoms with Crippen LogP contribution in [0.25, 0.3) is 0 Å². The number of ketones is 1. The zero-order valence-corrected chi connectivity index (χ0v) is 23.4. The first-order valence-electron chi connectivity index (χ1n) is 13.7. The first-order valence-corrected chi connectivity index (χ1v) is 13.7. The van der Waals surface area contributed by atoms with E-state index >= 15 is 0 Å². The summed E-state index contributed by atoms with van der Waals surface area (Å²) in [4.78, 5) is 42.0. The molecule has 0 unspecified atom stereocenters. The molecule has 2 aliphatic heterocycles. The molecule has 2 atom stereocenters. The predicted molar refractivity (Wildman–Crippen MR) is 142 cm³/mol. The maximum absolute atomic E-state index is 13.7. The fraction of sp³-hybridized carbons (Fsp3) is 0.621. The van der Waals surface area contributed by atoms with Crippen molar-refractivity contribution in [2.24, 2.45) is 5.92 Å². The summed E-state index contributed by atoms with van der Waals surface area (Å²) in [7, 11) is 0. The highest BCUT2D eigenvalue weighted by molar-refractivity contribution is 5.86. The van der Waals surface area contributed by atoms with Crippen LogP contribution in [-0.2, 0) is 20.7 Å². The van der Waals surface area contributed by atoms with E-state index in [-0.39, 0.29) is 35.5 Å². The van der Waals surface area contributed by atoms with Gasteiger partial charge in [0.1, 0.15) is 23.0 Å². The average molecular weight is 522 g/mol. The van der Waals surface area contributed by atoms with E-state index in [0.29, 0.717) is 38.6 Å². The number of carbonyl (C=O) groups excluding carboxylic acids is 3. The highest BCUT2D eigenvalue weighted by Crippen LogP contribution is 2.43. The summed E-state index contributed by atoms with van der Waals surface area (Å²) in [6, 6.07) is 6.49. The quantitative estimate of drug-likeness (QED) is 0.571. The van der Waals surface area contributed by atoms with Gasteiger partial charge in [-0.15, -0.1) is 10.2 Å². The zero-order valence-electron chi connectivity index (χ0n) is 23.4. The average Bonchev–Trinajstić information content (AvgIpc) is 3.36. The summed E-state index contributed by atoms with van der Waals surface area (Å²) in [5, 5.41) is 9.25. The van der Waals surface area contributed by atoms with Gasteiger partial charge in [0.25, 0.3) is 0 Å². The standard InChI is InChI=1S/C29H39N5O4/c1-17-7-8-20(18(2)11-17)12-25(36)23-15-32(19(3)35)16-24(23)27-31-30-26(34(27)22-9-10-22)21-13-33(14-21)28(37)38-29(4,5)6/h7-8,11,21-24H,9-10,12-16H2,1-6H3/t23-,24-/m0/s1. The maximum Gasteiger partial charge on any atom is 0.410 e. The summed E-state index contributed by atoms with van der Waals surface area (Å²) in [5.41, 5.74) is 2.78. The van der Waals surface area contributed by atoms with Gasteiger partial charge in [-0.2, -0.15) is 0 Å². The van der Waals surface area contributed by atoms with E-state index in [9.17, 15) is 14.4 Å². The smallest absolute Gasteiger partial charge is 0.410 e. The van der Waals surface area contributed by atoms with Crippen molar-refractivity contribution in [3.8, 4) is 0 Å². The van der Waals surface area contributed by atoms with Crippen LogP contribution < -0.4 is 0 Å². The molecule has 1 saturated carbocycles. The Morgan fingerprint density at radius 2 is 1.66 bits per heavy atom. The fourth-order valence-electron chi connectivity index (χ4n) is 5.68. The van der Waals surface area contributed by atoms with Crippen LogP contribution in [-0.4, -0.2) is 74.1 Å². The lowest BCUT2D eigenvalue weighted by atomic mass is 9.87. The van der Waals surface area contributed by atoms with Gasteiger partial charge in [0.15, 0.2) is 0 Å². The van der Waals surface area contributed by atoms with Crippen LogP contribution in [0.15, 0.2) is 18.2 Å². The Kier molecular flexibility index (Phi) is 6.82. The van der Waals surface area contributed by atoms with Gasteiger partial charge in [-0.1, -0.05) is 23.8 Å². The SMILES string of the molecule is CC(=O)N1C[C@H](C(=O)Cc2ccc(C)cc2C)[C@@H](c2nnc(C3CN(C(=O)OC(C)(C)C)C3)n2C2CC2)C1. The normalized spacial score (nSPS) is 21.9. The predicted octanol–water partition coefficient (Wildman–Crippen LogP) is 3.94. The highest BCUT2D eigenvalue weighted by atomic mass is 16.6. The van der Waals surface area contributed by atoms with Crippen LogP contribution in [0.3, 0.4) is 0 Å². The molecule has 2 saturated heterocycles. The molecule has 2 aromatic rings. The molecule has 0 spiro atoms. The Morgan fingerprint density at radius 1 is 0.974 bits per heavy atom. The van der Waals surface area contributed by atoms with Crippen molar-refractivity contribution < 1.29 is 19.1 Å². The number of aromatic nitrogens is 3. The molecule has 2 amide bonds. The lowest BCUT2D eigenvalue weighted by molar-refractivity contribution is -0.128. The van der Waals surface area contributed by atoms with Gasteiger partial charge in [0.05, 0.1) is 5.92 Å². The number of likely N-dealkylation sites (tertiary alicyclic amines) is 2. The lowest BCUT2D eigenvalue weighted by Crippen LogP contribution is -2.51. The Morgan fingerprint density at radius 3 is 2.26 bits per heavy atom. The number of aryl methyl sites for hydroxylation is 2. The number of Topliss-reactive ketones (excluding diaryl/α,β-unsaturated/α-hetero) is 1. The number of amides is 2. The summed E-state index contributed by atoms with van der Waals surface area (Å²) < 4.78 is 7.73. The molecular formula is C29H39N5O4. The molecule has 0 N–H and O–H groups in total. The topological polar surface area (TPSA) is 97.6 Å². The van der Waals surface area contributed by atoms with E-state index < -0.39 is 5.60 Å². The summed E-state index contributed by atoms with van der Waals surface area (Å²) in [6.45, 7) is 13.2. The molecule has 204 valence electrons. The third-order valence-corrected chi connectivity index (χ3v) is 7.93. The second-order valence-electron chi connectivity index (χ2n) is 12.3. The molecule has 3 heterocycles. The van der Waals surface area contributed by atoms with E-state index in [4.69, 9.17) is 4.74 Å². The number of benzene rings is 1. The number of hydrogen-bond donors (Lipinski definition) is 0. The van der Waals surface area contributed by atoms with E-state index in [1.54, 1.807) is 16.7 Å². The summed E-state index contributed by atoms with van der Waals surface area (Å²) in [6.07, 6.45) is 2.13. The zero-order chi connectivity index (χ0) is 27.4. The van der Waals surface area contributed by atoms with Crippen molar-refractivity contribution in [3.05, 3.63) is 46.5 Å². The van der Waals surface area contributed by atoms with Gasteiger partial charge in [-0.05, 0) is 58.6 Å². The number of hydrogen-bond acceptors (Lipinski definition) is 6. The Labute approximate surface area is 224 Å². The Hall–Kier alpha value is -3.23. The molecule has 3 fully saturated rings. The molecule has 1 aromatic carbocycles. The van der Waals surface area contributed by atoms with E-state index in [1.165, 1.54) is 5.56 Å². The largest absolute Gasteiger partial charge is 0.444 e. The van der Waals surface area contributed by atoms with Crippen molar-refractivity contribution in [2.45, 2.75) is 84.3 Å². The van der Waals surface area contributed by atoms with Crippen LogP contribution in [0.5, 0.6) is 0 Å². The van der Waals surface area contributed by atoms with Crippen LogP contribution in [0.4, 0.5) is 4.79 Å². The molecular weight excluding hydrogens is 482 g/mol. The molecule has 9 heteroatoms. The monoisotopic (exact) mass is 521 g/mol. The summed E-state index contributed by atoms with van der Waals surface area (Å²) >= 11 is 0. The highest BCUT2D eigenvalue weighted by Gasteiger charge is 2.46. The third-order valence-electron chi connectivity index (χ3n) is 7.93. The molecule has 1 aliphatic carbocycles. The maximum atomic E-state index is 13.7. The minimum absolute atomic E-state index is 0.0264. The van der Waals surface area contributed by atoms with Crippen LogP contribution in [0, 0.1) is 19.8 Å². The molecule has 9 nitrogen and oxygen atoms in total. The Bertz CT molecular complexity index is 1250. The molecule has 3 aliphatic rings. The first-order chi connectivity index (χ1) is 17.9. The van der Waals surface area contributed by atoms with Crippen LogP contribution in [0.1, 0.15) is 86.8 Å². The van der Waals surface area contributed by atoms with Gasteiger partial charge in [-0.3, -0.25) is 9.59 Å². The lowest BCUT2D eigenvalue weighted by Gasteiger charge is -2.39. The molecule has 1 aromatic heterocycles. The number of carbonyl (C=O) groups is 3. The van der Waals surface area contributed by atoms with Gasteiger partial charge < -0.3 is 19.1 Å². The second-order valence-corrected chi connectivity index (χ2v) is 12.3. The number of rotatable bonds is 6. The Balaban J connectivity index is 1.37. The van der Waals surface area contributed by atoms with Crippen LogP contribution >= 0.6 is 0 Å². The summed E-state index contributed by atoms with van der Waals surface area (Å²) in [5.74, 6) is 1.36. The van der Waals surface area contributed by atoms with E-state index in [2.05, 4.69) is 20.8 Å². The van der Waals surface area contributed by atoms with Gasteiger partial charge >= 0.3 is 6.09 Å². The van der Waals surface area contributed by atoms with E-state index in [1.807, 2.05) is 46.8 Å². The third kappa shape index (κ3) is 5.33. The second kappa shape index (κ2) is 9.82. The van der Waals surface area contributed by atoms with Crippen molar-refractivity contribution >= 4 is 17.8 Å². The molecule has 0 radical (unpaired) electrons. The number of ether oxygens (including phenoxy) is 1. The van der Waals surface area contributed by atoms with Crippen molar-refractivity contribution in [2.75, 3.05) is 26.2 Å². The van der Waals surface area contributed by atoms with Gasteiger partial charge in [-0.25, -0.2) is 4.79 Å². The van der Waals surface area contributed by atoms with Crippen molar-refractivity contribution in [1.29, 1.82) is 0 Å². The first kappa shape index (κ1) is 26.4. The van der Waals surface area contributed by atoms with Crippen LogP contribution in [0.2, 0.25) is 0 Å². The van der Waals surface area contributed by atoms with Gasteiger partial charge in [0, 0.05) is 57.4 Å².